The van der Waals surface area contributed by atoms with Crippen molar-refractivity contribution in [2.24, 2.45) is 0 Å². The van der Waals surface area contributed by atoms with E-state index in [1.807, 2.05) is 30.3 Å². The van der Waals surface area contributed by atoms with Crippen LogP contribution in [0.2, 0.25) is 0 Å². The van der Waals surface area contributed by atoms with Gasteiger partial charge in [-0.15, -0.1) is 0 Å². The topological polar surface area (TPSA) is 33.0 Å². The summed E-state index contributed by atoms with van der Waals surface area (Å²) in [6.45, 7) is 0. The Kier molecular flexibility index (Phi) is 3.31. The third-order valence-electron chi connectivity index (χ3n) is 1.73. The highest BCUT2D eigenvalue weighted by Gasteiger charge is 2.07. The molecule has 1 atom stereocenters. The molecular weight excluding hydrogens is 150 g/mol. The molecule has 0 heterocycles. The molecule has 0 spiro atoms. The fraction of sp³-hybridized carbons (Fsp3) is 0.300. The van der Waals surface area contributed by atoms with E-state index < -0.39 is 0 Å². The summed E-state index contributed by atoms with van der Waals surface area (Å²) in [5.41, 5.74) is 1.06. The van der Waals surface area contributed by atoms with Gasteiger partial charge in [0.15, 0.2) is 0 Å². The van der Waals surface area contributed by atoms with Gasteiger partial charge in [0, 0.05) is 7.11 Å². The molecule has 1 aromatic carbocycles. The number of benzene rings is 1. The number of nitriles is 1. The van der Waals surface area contributed by atoms with Gasteiger partial charge in [0.05, 0.1) is 18.6 Å². The lowest BCUT2D eigenvalue weighted by Gasteiger charge is -2.10. The van der Waals surface area contributed by atoms with E-state index in [0.717, 1.165) is 5.56 Å². The number of hydrogen-bond donors (Lipinski definition) is 0. The average Bonchev–Trinajstić information content (AvgIpc) is 2.15. The van der Waals surface area contributed by atoms with Gasteiger partial charge in [0.1, 0.15) is 0 Å². The van der Waals surface area contributed by atoms with Crippen molar-refractivity contribution in [3.8, 4) is 6.07 Å². The molecule has 0 unspecified atom stereocenters. The van der Waals surface area contributed by atoms with E-state index in [-0.39, 0.29) is 6.10 Å². The van der Waals surface area contributed by atoms with Gasteiger partial charge in [-0.3, -0.25) is 0 Å². The van der Waals surface area contributed by atoms with Crippen molar-refractivity contribution in [3.05, 3.63) is 35.9 Å². The fourth-order valence-electron chi connectivity index (χ4n) is 1.09. The zero-order valence-corrected chi connectivity index (χ0v) is 7.03. The largest absolute Gasteiger partial charge is 0.376 e. The molecular formula is C10H11NO. The Morgan fingerprint density at radius 1 is 1.42 bits per heavy atom. The quantitative estimate of drug-likeness (QED) is 0.681. The van der Waals surface area contributed by atoms with Crippen LogP contribution in [-0.2, 0) is 4.74 Å². The van der Waals surface area contributed by atoms with E-state index in [9.17, 15) is 0 Å². The first kappa shape index (κ1) is 8.76. The van der Waals surface area contributed by atoms with E-state index in [1.54, 1.807) is 7.11 Å². The molecule has 62 valence electrons. The third-order valence-corrected chi connectivity index (χ3v) is 1.73. The van der Waals surface area contributed by atoms with Gasteiger partial charge < -0.3 is 4.74 Å². The number of rotatable bonds is 3. The monoisotopic (exact) mass is 161 g/mol. The van der Waals surface area contributed by atoms with E-state index in [0.29, 0.717) is 6.42 Å². The molecule has 0 aliphatic rings. The Labute approximate surface area is 72.4 Å². The van der Waals surface area contributed by atoms with Crippen LogP contribution < -0.4 is 0 Å². The van der Waals surface area contributed by atoms with Crippen LogP contribution in [0.1, 0.15) is 18.1 Å². The molecule has 0 N–H and O–H groups in total. The molecule has 0 aliphatic heterocycles. The first-order valence-corrected chi connectivity index (χ1v) is 3.83. The molecule has 2 heteroatoms. The van der Waals surface area contributed by atoms with Gasteiger partial charge in [0.2, 0.25) is 0 Å². The summed E-state index contributed by atoms with van der Waals surface area (Å²) in [6, 6.07) is 11.9. The summed E-state index contributed by atoms with van der Waals surface area (Å²) in [7, 11) is 1.62. The lowest BCUT2D eigenvalue weighted by atomic mass is 10.1. The summed E-state index contributed by atoms with van der Waals surface area (Å²) in [6.07, 6.45) is 0.316. The molecule has 0 radical (unpaired) electrons. The highest BCUT2D eigenvalue weighted by atomic mass is 16.5. The van der Waals surface area contributed by atoms with Gasteiger partial charge in [0.25, 0.3) is 0 Å². The lowest BCUT2D eigenvalue weighted by molar-refractivity contribution is 0.107. The maximum absolute atomic E-state index is 8.50. The Balaban J connectivity index is 2.75. The minimum atomic E-state index is -0.0869. The van der Waals surface area contributed by atoms with Crippen LogP contribution in [0.25, 0.3) is 0 Å². The maximum atomic E-state index is 8.50. The average molecular weight is 161 g/mol. The van der Waals surface area contributed by atoms with Crippen molar-refractivity contribution < 1.29 is 4.74 Å². The van der Waals surface area contributed by atoms with Gasteiger partial charge >= 0.3 is 0 Å². The Hall–Kier alpha value is -1.33. The van der Waals surface area contributed by atoms with Crippen LogP contribution in [0.4, 0.5) is 0 Å². The molecule has 0 saturated carbocycles. The molecule has 0 aliphatic carbocycles. The number of methoxy groups -OCH3 is 1. The molecule has 0 aromatic heterocycles. The predicted octanol–water partition coefficient (Wildman–Crippen LogP) is 2.29. The van der Waals surface area contributed by atoms with Crippen LogP contribution in [-0.4, -0.2) is 7.11 Å². The summed E-state index contributed by atoms with van der Waals surface area (Å²) >= 11 is 0. The summed E-state index contributed by atoms with van der Waals surface area (Å²) < 4.78 is 5.15. The van der Waals surface area contributed by atoms with Crippen LogP contribution >= 0.6 is 0 Å². The molecule has 0 bridgehead atoms. The van der Waals surface area contributed by atoms with E-state index in [4.69, 9.17) is 10.00 Å². The Morgan fingerprint density at radius 3 is 2.58 bits per heavy atom. The number of hydrogen-bond acceptors (Lipinski definition) is 2. The minimum absolute atomic E-state index is 0.0869. The smallest absolute Gasteiger partial charge is 0.0950 e. The first-order valence-electron chi connectivity index (χ1n) is 3.83. The second-order valence-corrected chi connectivity index (χ2v) is 2.50. The van der Waals surface area contributed by atoms with Gasteiger partial charge in [-0.2, -0.15) is 5.26 Å². The summed E-state index contributed by atoms with van der Waals surface area (Å²) in [5.74, 6) is 0. The first-order chi connectivity index (χ1) is 5.88. The van der Waals surface area contributed by atoms with E-state index >= 15 is 0 Å². The second kappa shape index (κ2) is 4.53. The summed E-state index contributed by atoms with van der Waals surface area (Å²) in [5, 5.41) is 8.50. The second-order valence-electron chi connectivity index (χ2n) is 2.50. The molecule has 1 rings (SSSR count). The highest BCUT2D eigenvalue weighted by Crippen LogP contribution is 2.18. The standard InChI is InChI=1S/C10H11NO/c1-12-10(7-8-11)9-5-3-2-4-6-9/h2-6,10H,7H2,1H3/t10-/m0/s1. The normalized spacial score (nSPS) is 12.0. The fourth-order valence-corrected chi connectivity index (χ4v) is 1.09. The van der Waals surface area contributed by atoms with Gasteiger partial charge in [-0.1, -0.05) is 30.3 Å². The molecule has 2 nitrogen and oxygen atoms in total. The van der Waals surface area contributed by atoms with Crippen molar-refractivity contribution in [3.63, 3.8) is 0 Å². The molecule has 0 fully saturated rings. The van der Waals surface area contributed by atoms with Crippen LogP contribution in [0.5, 0.6) is 0 Å². The van der Waals surface area contributed by atoms with Crippen LogP contribution in [0.15, 0.2) is 30.3 Å². The van der Waals surface area contributed by atoms with Gasteiger partial charge in [-0.25, -0.2) is 0 Å². The molecule has 1 aromatic rings. The van der Waals surface area contributed by atoms with Crippen molar-refractivity contribution >= 4 is 0 Å². The van der Waals surface area contributed by atoms with Crippen molar-refractivity contribution in [2.45, 2.75) is 12.5 Å². The van der Waals surface area contributed by atoms with E-state index in [1.165, 1.54) is 0 Å². The van der Waals surface area contributed by atoms with E-state index in [2.05, 4.69) is 6.07 Å². The predicted molar refractivity (Wildman–Crippen MR) is 46.4 cm³/mol. The summed E-state index contributed by atoms with van der Waals surface area (Å²) in [4.78, 5) is 0. The number of nitrogens with zero attached hydrogens (tertiary/aromatic N) is 1. The van der Waals surface area contributed by atoms with Crippen LogP contribution in [0, 0.1) is 11.3 Å². The van der Waals surface area contributed by atoms with Crippen LogP contribution in [0.3, 0.4) is 0 Å². The highest BCUT2D eigenvalue weighted by molar-refractivity contribution is 5.18. The SMILES string of the molecule is CO[C@@H](CC#N)c1ccccc1. The molecule has 0 amide bonds. The lowest BCUT2D eigenvalue weighted by Crippen LogP contribution is -1.99. The third kappa shape index (κ3) is 2.08. The molecule has 0 saturated heterocycles. The zero-order valence-electron chi connectivity index (χ0n) is 7.03. The zero-order chi connectivity index (χ0) is 8.81. The van der Waals surface area contributed by atoms with Crippen molar-refractivity contribution in [2.75, 3.05) is 7.11 Å². The Bertz CT molecular complexity index is 263. The Morgan fingerprint density at radius 2 is 2.08 bits per heavy atom. The maximum Gasteiger partial charge on any atom is 0.0950 e. The van der Waals surface area contributed by atoms with Crippen molar-refractivity contribution in [1.82, 2.24) is 0 Å². The molecule has 12 heavy (non-hydrogen) atoms. The minimum Gasteiger partial charge on any atom is -0.376 e. The number of ether oxygens (including phenoxy) is 1. The van der Waals surface area contributed by atoms with Gasteiger partial charge in [-0.05, 0) is 5.56 Å². The van der Waals surface area contributed by atoms with Crippen molar-refractivity contribution in [1.29, 1.82) is 5.26 Å².